The number of ether oxygens (including phenoxy) is 1. The van der Waals surface area contributed by atoms with Crippen molar-refractivity contribution in [1.29, 1.82) is 0 Å². The lowest BCUT2D eigenvalue weighted by Crippen LogP contribution is -2.51. The lowest BCUT2D eigenvalue weighted by Gasteiger charge is -2.36. The van der Waals surface area contributed by atoms with Gasteiger partial charge >= 0.3 is 5.88 Å². The van der Waals surface area contributed by atoms with Crippen LogP contribution >= 0.6 is 0 Å². The van der Waals surface area contributed by atoms with Crippen molar-refractivity contribution >= 4 is 11.8 Å². The minimum Gasteiger partial charge on any atom is -0.395 e. The molecule has 1 fully saturated rings. The molecule has 0 aliphatic carbocycles. The summed E-state index contributed by atoms with van der Waals surface area (Å²) in [5, 5.41) is 19.6. The average molecular weight is 270 g/mol. The van der Waals surface area contributed by atoms with Crippen molar-refractivity contribution in [2.45, 2.75) is 19.1 Å². The molecule has 1 amide bonds. The van der Waals surface area contributed by atoms with Crippen LogP contribution in [0.1, 0.15) is 17.5 Å². The number of amides is 1. The van der Waals surface area contributed by atoms with Gasteiger partial charge in [-0.3, -0.25) is 14.9 Å². The summed E-state index contributed by atoms with van der Waals surface area (Å²) in [4.78, 5) is 23.5. The van der Waals surface area contributed by atoms with Gasteiger partial charge < -0.3 is 19.2 Å². The molecule has 19 heavy (non-hydrogen) atoms. The fourth-order valence-corrected chi connectivity index (χ4v) is 1.89. The zero-order chi connectivity index (χ0) is 14.0. The van der Waals surface area contributed by atoms with Crippen molar-refractivity contribution in [1.82, 2.24) is 4.90 Å². The van der Waals surface area contributed by atoms with Gasteiger partial charge in [0.1, 0.15) is 4.92 Å². The van der Waals surface area contributed by atoms with Gasteiger partial charge in [0, 0.05) is 6.54 Å². The van der Waals surface area contributed by atoms with Gasteiger partial charge in [0.25, 0.3) is 5.91 Å². The first-order valence-corrected chi connectivity index (χ1v) is 5.80. The first-order chi connectivity index (χ1) is 9.02. The summed E-state index contributed by atoms with van der Waals surface area (Å²) in [5.41, 5.74) is 0. The fraction of sp³-hybridized carbons (Fsp3) is 0.545. The van der Waals surface area contributed by atoms with E-state index in [1.54, 1.807) is 6.92 Å². The lowest BCUT2D eigenvalue weighted by atomic mass is 10.2. The molecule has 2 rings (SSSR count). The number of hydrogen-bond donors (Lipinski definition) is 1. The Morgan fingerprint density at radius 2 is 2.37 bits per heavy atom. The smallest absolute Gasteiger partial charge is 0.395 e. The number of aliphatic hydroxyl groups is 1. The van der Waals surface area contributed by atoms with Crippen molar-refractivity contribution in [3.05, 3.63) is 28.0 Å². The molecule has 1 aromatic rings. The lowest BCUT2D eigenvalue weighted by molar-refractivity contribution is -0.402. The number of rotatable bonds is 3. The topological polar surface area (TPSA) is 106 Å². The largest absolute Gasteiger partial charge is 0.433 e. The third-order valence-electron chi connectivity index (χ3n) is 2.95. The third kappa shape index (κ3) is 2.74. The van der Waals surface area contributed by atoms with Crippen LogP contribution in [0, 0.1) is 10.1 Å². The molecule has 1 aliphatic rings. The summed E-state index contributed by atoms with van der Waals surface area (Å²) in [7, 11) is 0. The molecule has 0 aromatic carbocycles. The zero-order valence-corrected chi connectivity index (χ0v) is 10.3. The first kappa shape index (κ1) is 13.5. The number of nitrogens with zero attached hydrogens (tertiary/aromatic N) is 2. The standard InChI is InChI=1S/C11H14N2O6/c1-7-6-18-8(5-14)4-12(7)11(15)9-2-3-10(19-9)13(16)17/h2-3,7-8,14H,4-6H2,1H3. The van der Waals surface area contributed by atoms with Crippen LogP contribution in [-0.2, 0) is 4.74 Å². The van der Waals surface area contributed by atoms with Crippen LogP contribution in [0.15, 0.2) is 16.5 Å². The van der Waals surface area contributed by atoms with Gasteiger partial charge in [0.05, 0.1) is 31.4 Å². The number of carbonyl (C=O) groups is 1. The second kappa shape index (κ2) is 5.37. The quantitative estimate of drug-likeness (QED) is 0.629. The van der Waals surface area contributed by atoms with Crippen LogP contribution in [0.4, 0.5) is 5.88 Å². The Balaban J connectivity index is 2.14. The van der Waals surface area contributed by atoms with E-state index in [2.05, 4.69) is 0 Å². The van der Waals surface area contributed by atoms with Crippen LogP contribution in [0.5, 0.6) is 0 Å². The average Bonchev–Trinajstić information content (AvgIpc) is 2.88. The second-order valence-electron chi connectivity index (χ2n) is 4.34. The van der Waals surface area contributed by atoms with Gasteiger partial charge in [-0.15, -0.1) is 0 Å². The van der Waals surface area contributed by atoms with E-state index in [-0.39, 0.29) is 25.0 Å². The first-order valence-electron chi connectivity index (χ1n) is 5.80. The van der Waals surface area contributed by atoms with Crippen molar-refractivity contribution < 1.29 is 24.0 Å². The molecule has 0 radical (unpaired) electrons. The third-order valence-corrected chi connectivity index (χ3v) is 2.95. The van der Waals surface area contributed by atoms with Gasteiger partial charge in [-0.1, -0.05) is 0 Å². The van der Waals surface area contributed by atoms with Gasteiger partial charge in [0.2, 0.25) is 0 Å². The summed E-state index contributed by atoms with van der Waals surface area (Å²) in [5.74, 6) is -0.998. The highest BCUT2D eigenvalue weighted by molar-refractivity contribution is 5.92. The highest BCUT2D eigenvalue weighted by Gasteiger charge is 2.32. The maximum absolute atomic E-state index is 12.2. The summed E-state index contributed by atoms with van der Waals surface area (Å²) >= 11 is 0. The summed E-state index contributed by atoms with van der Waals surface area (Å²) in [6.07, 6.45) is -0.440. The molecule has 104 valence electrons. The summed E-state index contributed by atoms with van der Waals surface area (Å²) in [6.45, 7) is 2.14. The van der Waals surface area contributed by atoms with Crippen molar-refractivity contribution in [3.8, 4) is 0 Å². The normalized spacial score (nSPS) is 23.4. The summed E-state index contributed by atoms with van der Waals surface area (Å²) < 4.78 is 10.2. The van der Waals surface area contributed by atoms with Crippen LogP contribution in [0.3, 0.4) is 0 Å². The molecule has 0 saturated carbocycles. The Morgan fingerprint density at radius 1 is 1.63 bits per heavy atom. The van der Waals surface area contributed by atoms with E-state index in [9.17, 15) is 14.9 Å². The molecule has 8 nitrogen and oxygen atoms in total. The Kier molecular flexibility index (Phi) is 3.82. The Morgan fingerprint density at radius 3 is 2.95 bits per heavy atom. The van der Waals surface area contributed by atoms with Crippen molar-refractivity contribution in [2.75, 3.05) is 19.8 Å². The van der Waals surface area contributed by atoms with Crippen LogP contribution < -0.4 is 0 Å². The van der Waals surface area contributed by atoms with Gasteiger partial charge in [-0.05, 0) is 13.0 Å². The molecular weight excluding hydrogens is 256 g/mol. The van der Waals surface area contributed by atoms with Gasteiger partial charge in [0.15, 0.2) is 5.76 Å². The fourth-order valence-electron chi connectivity index (χ4n) is 1.89. The van der Waals surface area contributed by atoms with E-state index in [1.165, 1.54) is 11.0 Å². The van der Waals surface area contributed by atoms with Gasteiger partial charge in [-0.25, -0.2) is 0 Å². The number of furan rings is 1. The van der Waals surface area contributed by atoms with E-state index >= 15 is 0 Å². The van der Waals surface area contributed by atoms with E-state index < -0.39 is 22.8 Å². The predicted octanol–water partition coefficient (Wildman–Crippen LogP) is 0.410. The maximum Gasteiger partial charge on any atom is 0.433 e. The molecule has 2 atom stereocenters. The molecule has 1 aromatic heterocycles. The highest BCUT2D eigenvalue weighted by atomic mass is 16.6. The highest BCUT2D eigenvalue weighted by Crippen LogP contribution is 2.20. The molecule has 1 saturated heterocycles. The van der Waals surface area contributed by atoms with Crippen LogP contribution in [0.2, 0.25) is 0 Å². The Labute approximate surface area is 108 Å². The molecular formula is C11H14N2O6. The van der Waals surface area contributed by atoms with Crippen LogP contribution in [-0.4, -0.2) is 52.7 Å². The monoisotopic (exact) mass is 270 g/mol. The number of hydrogen-bond acceptors (Lipinski definition) is 6. The zero-order valence-electron chi connectivity index (χ0n) is 10.3. The SMILES string of the molecule is CC1COC(CO)CN1C(=O)c1ccc([N+](=O)[O-])o1. The number of aliphatic hydroxyl groups excluding tert-OH is 1. The summed E-state index contributed by atoms with van der Waals surface area (Å²) in [6, 6.07) is 2.23. The van der Waals surface area contributed by atoms with E-state index in [4.69, 9.17) is 14.3 Å². The minimum absolute atomic E-state index is 0.0860. The van der Waals surface area contributed by atoms with Crippen molar-refractivity contribution in [3.63, 3.8) is 0 Å². The van der Waals surface area contributed by atoms with Gasteiger partial charge in [-0.2, -0.15) is 0 Å². The van der Waals surface area contributed by atoms with Crippen molar-refractivity contribution in [2.24, 2.45) is 0 Å². The number of morpholine rings is 1. The van der Waals surface area contributed by atoms with E-state index in [0.29, 0.717) is 6.61 Å². The molecule has 8 heteroatoms. The molecule has 2 heterocycles. The Bertz CT molecular complexity index is 485. The molecule has 1 N–H and O–H groups in total. The molecule has 1 aliphatic heterocycles. The number of nitro groups is 1. The predicted molar refractivity (Wildman–Crippen MR) is 62.7 cm³/mol. The minimum atomic E-state index is -0.698. The molecule has 0 spiro atoms. The molecule has 0 bridgehead atoms. The Hall–Kier alpha value is -1.93. The van der Waals surface area contributed by atoms with E-state index in [0.717, 1.165) is 6.07 Å². The second-order valence-corrected chi connectivity index (χ2v) is 4.34. The maximum atomic E-state index is 12.2. The molecule has 2 unspecified atom stereocenters. The van der Waals surface area contributed by atoms with E-state index in [1.807, 2.05) is 0 Å². The number of carbonyl (C=O) groups excluding carboxylic acids is 1. The van der Waals surface area contributed by atoms with Crippen LogP contribution in [0.25, 0.3) is 0 Å².